The van der Waals surface area contributed by atoms with Crippen molar-refractivity contribution in [2.45, 2.75) is 31.3 Å². The Kier molecular flexibility index (Phi) is 7.06. The lowest BCUT2D eigenvalue weighted by Gasteiger charge is -2.28. The SMILES string of the molecule is CC1(C)c2ccccc2-c2cc(N(c3ccc(-c4ccc5c(c4)C4c6ccccc6OC4C=C5)cc3)c3cccc(-c4cccc5ccccc45)c3)ccc21. The molecule has 2 atom stereocenters. The van der Waals surface area contributed by atoms with E-state index in [1.165, 1.54) is 72.0 Å². The Balaban J connectivity index is 1.03. The van der Waals surface area contributed by atoms with E-state index >= 15 is 0 Å². The summed E-state index contributed by atoms with van der Waals surface area (Å²) in [6, 6.07) is 64.7. The van der Waals surface area contributed by atoms with Crippen molar-refractivity contribution in [3.63, 3.8) is 0 Å². The van der Waals surface area contributed by atoms with Crippen molar-refractivity contribution in [1.82, 2.24) is 0 Å². The molecule has 0 saturated heterocycles. The monoisotopic (exact) mass is 705 g/mol. The number of hydrogen-bond donors (Lipinski definition) is 0. The van der Waals surface area contributed by atoms with Crippen LogP contribution in [0, 0.1) is 0 Å². The third-order valence-electron chi connectivity index (χ3n) is 12.2. The van der Waals surface area contributed by atoms with Gasteiger partial charge in [-0.15, -0.1) is 0 Å². The number of anilines is 3. The quantitative estimate of drug-likeness (QED) is 0.177. The fraction of sp³-hybridized carbons (Fsp3) is 0.0943. The first-order valence-electron chi connectivity index (χ1n) is 19.3. The van der Waals surface area contributed by atoms with Gasteiger partial charge in [0.1, 0.15) is 11.9 Å². The van der Waals surface area contributed by atoms with E-state index < -0.39 is 0 Å². The Morgan fingerprint density at radius 3 is 2.13 bits per heavy atom. The highest BCUT2D eigenvalue weighted by Gasteiger charge is 2.37. The summed E-state index contributed by atoms with van der Waals surface area (Å²) >= 11 is 0. The van der Waals surface area contributed by atoms with Crippen molar-refractivity contribution in [2.75, 3.05) is 4.90 Å². The summed E-state index contributed by atoms with van der Waals surface area (Å²) in [6.45, 7) is 4.69. The smallest absolute Gasteiger partial charge is 0.128 e. The lowest BCUT2D eigenvalue weighted by molar-refractivity contribution is 0.267. The summed E-state index contributed by atoms with van der Waals surface area (Å²) in [7, 11) is 0. The van der Waals surface area contributed by atoms with E-state index in [0.717, 1.165) is 22.8 Å². The predicted molar refractivity (Wildman–Crippen MR) is 229 cm³/mol. The van der Waals surface area contributed by atoms with E-state index in [9.17, 15) is 0 Å². The maximum atomic E-state index is 6.36. The van der Waals surface area contributed by atoms with Crippen LogP contribution in [0.25, 0.3) is 50.2 Å². The number of hydrogen-bond acceptors (Lipinski definition) is 2. The van der Waals surface area contributed by atoms with Crippen LogP contribution in [0.2, 0.25) is 0 Å². The molecule has 262 valence electrons. The van der Waals surface area contributed by atoms with Crippen molar-refractivity contribution in [2.24, 2.45) is 0 Å². The molecule has 0 N–H and O–H groups in total. The van der Waals surface area contributed by atoms with Gasteiger partial charge in [0.05, 0.1) is 5.92 Å². The summed E-state index contributed by atoms with van der Waals surface area (Å²) in [6.07, 6.45) is 4.46. The number of rotatable bonds is 5. The third-order valence-corrected chi connectivity index (χ3v) is 12.2. The van der Waals surface area contributed by atoms with Gasteiger partial charge in [-0.3, -0.25) is 0 Å². The molecule has 3 aliphatic rings. The van der Waals surface area contributed by atoms with Crippen LogP contribution in [0.5, 0.6) is 5.75 Å². The van der Waals surface area contributed by atoms with Gasteiger partial charge in [0.25, 0.3) is 0 Å². The van der Waals surface area contributed by atoms with Crippen LogP contribution in [-0.4, -0.2) is 6.10 Å². The molecule has 2 nitrogen and oxygen atoms in total. The fourth-order valence-electron chi connectivity index (χ4n) is 9.49. The molecule has 8 aromatic carbocycles. The van der Waals surface area contributed by atoms with Gasteiger partial charge in [0.15, 0.2) is 0 Å². The van der Waals surface area contributed by atoms with Crippen molar-refractivity contribution in [3.8, 4) is 39.1 Å². The molecule has 8 aromatic rings. The molecule has 2 heteroatoms. The van der Waals surface area contributed by atoms with E-state index in [1.807, 2.05) is 0 Å². The minimum absolute atomic E-state index is 0.0329. The topological polar surface area (TPSA) is 12.5 Å². The molecule has 1 aliphatic heterocycles. The molecule has 0 fully saturated rings. The summed E-state index contributed by atoms with van der Waals surface area (Å²) < 4.78 is 6.36. The van der Waals surface area contributed by atoms with Gasteiger partial charge in [-0.05, 0) is 121 Å². The zero-order chi connectivity index (χ0) is 36.7. The summed E-state index contributed by atoms with van der Waals surface area (Å²) in [5, 5.41) is 2.50. The zero-order valence-corrected chi connectivity index (χ0v) is 30.9. The number of fused-ring (bicyclic) bond motifs is 9. The number of ether oxygens (including phenoxy) is 1. The largest absolute Gasteiger partial charge is 0.485 e. The first-order valence-corrected chi connectivity index (χ1v) is 19.3. The molecular weight excluding hydrogens is 667 g/mol. The van der Waals surface area contributed by atoms with E-state index in [1.54, 1.807) is 0 Å². The van der Waals surface area contributed by atoms with Crippen LogP contribution in [0.15, 0.2) is 182 Å². The minimum Gasteiger partial charge on any atom is -0.485 e. The van der Waals surface area contributed by atoms with Crippen molar-refractivity contribution in [1.29, 1.82) is 0 Å². The molecule has 11 rings (SSSR count). The van der Waals surface area contributed by atoms with Crippen LogP contribution < -0.4 is 9.64 Å². The molecular formula is C53H39NO. The van der Waals surface area contributed by atoms with E-state index in [2.05, 4.69) is 207 Å². The Hall–Kier alpha value is -6.64. The van der Waals surface area contributed by atoms with Gasteiger partial charge in [-0.25, -0.2) is 0 Å². The Bertz CT molecular complexity index is 2840. The minimum atomic E-state index is -0.0530. The lowest BCUT2D eigenvalue weighted by Crippen LogP contribution is -2.20. The van der Waals surface area contributed by atoms with Crippen LogP contribution >= 0.6 is 0 Å². The highest BCUT2D eigenvalue weighted by molar-refractivity contribution is 5.97. The van der Waals surface area contributed by atoms with Crippen LogP contribution in [0.4, 0.5) is 17.1 Å². The Labute approximate surface area is 322 Å². The van der Waals surface area contributed by atoms with Crippen LogP contribution in [-0.2, 0) is 5.41 Å². The van der Waals surface area contributed by atoms with Crippen LogP contribution in [0.1, 0.15) is 47.6 Å². The molecule has 0 bridgehead atoms. The summed E-state index contributed by atoms with van der Waals surface area (Å²) in [5.74, 6) is 1.20. The van der Waals surface area contributed by atoms with Gasteiger partial charge in [0.2, 0.25) is 0 Å². The number of benzene rings is 8. The first kappa shape index (κ1) is 31.8. The van der Waals surface area contributed by atoms with E-state index in [0.29, 0.717) is 0 Å². The van der Waals surface area contributed by atoms with Gasteiger partial charge in [0, 0.05) is 28.0 Å². The lowest BCUT2D eigenvalue weighted by atomic mass is 9.80. The Morgan fingerprint density at radius 2 is 1.20 bits per heavy atom. The van der Waals surface area contributed by atoms with Crippen LogP contribution in [0.3, 0.4) is 0 Å². The summed E-state index contributed by atoms with van der Waals surface area (Å²) in [5.41, 5.74) is 17.4. The predicted octanol–water partition coefficient (Wildman–Crippen LogP) is 13.9. The normalized spacial score (nSPS) is 16.8. The molecule has 0 amide bonds. The zero-order valence-electron chi connectivity index (χ0n) is 30.9. The molecule has 0 radical (unpaired) electrons. The first-order chi connectivity index (χ1) is 27.0. The maximum absolute atomic E-state index is 6.36. The average molecular weight is 706 g/mol. The van der Waals surface area contributed by atoms with E-state index in [4.69, 9.17) is 4.74 Å². The molecule has 0 spiro atoms. The maximum Gasteiger partial charge on any atom is 0.128 e. The molecule has 0 aromatic heterocycles. The third kappa shape index (κ3) is 5.02. The van der Waals surface area contributed by atoms with Gasteiger partial charge >= 0.3 is 0 Å². The molecule has 2 unspecified atom stereocenters. The molecule has 0 saturated carbocycles. The number of nitrogens with zero attached hydrogens (tertiary/aromatic N) is 1. The fourth-order valence-corrected chi connectivity index (χ4v) is 9.49. The molecule has 2 aliphatic carbocycles. The van der Waals surface area contributed by atoms with Crippen molar-refractivity contribution >= 4 is 33.9 Å². The second-order valence-electron chi connectivity index (χ2n) is 15.7. The van der Waals surface area contributed by atoms with E-state index in [-0.39, 0.29) is 17.4 Å². The van der Waals surface area contributed by atoms with Gasteiger partial charge in [-0.1, -0.05) is 147 Å². The second-order valence-corrected chi connectivity index (χ2v) is 15.7. The van der Waals surface area contributed by atoms with Gasteiger partial charge < -0.3 is 9.64 Å². The Morgan fingerprint density at radius 1 is 0.491 bits per heavy atom. The molecule has 55 heavy (non-hydrogen) atoms. The van der Waals surface area contributed by atoms with Crippen molar-refractivity contribution in [3.05, 3.63) is 210 Å². The molecule has 1 heterocycles. The highest BCUT2D eigenvalue weighted by Crippen LogP contribution is 2.51. The summed E-state index contributed by atoms with van der Waals surface area (Å²) in [4.78, 5) is 2.42. The highest BCUT2D eigenvalue weighted by atomic mass is 16.5. The second kappa shape index (κ2) is 12.2. The average Bonchev–Trinajstić information content (AvgIpc) is 3.73. The van der Waals surface area contributed by atoms with Gasteiger partial charge in [-0.2, -0.15) is 0 Å². The standard InChI is InChI=1S/C53H39NO/c1-53(2)48-19-7-5-16-44(48)47-33-41(28-29-49(47)53)54(40-14-9-13-38(31-40)43-18-10-12-35-11-3-4-15-42(35)43)39-26-23-34(24-27-39)37-22-21-36-25-30-51-52(46(36)32-37)45-17-6-8-20-50(45)55-51/h3-33,51-52H,1-2H3. The number of para-hydroxylation sites is 1. The van der Waals surface area contributed by atoms with Crippen molar-refractivity contribution < 1.29 is 4.74 Å².